The number of nitrogens with zero attached hydrogens (tertiary/aromatic N) is 2. The summed E-state index contributed by atoms with van der Waals surface area (Å²) in [5.41, 5.74) is 1.22. The van der Waals surface area contributed by atoms with E-state index in [0.717, 1.165) is 6.42 Å². The maximum Gasteiger partial charge on any atom is 0.316 e. The fourth-order valence-corrected chi connectivity index (χ4v) is 1.70. The standard InChI is InChI=1S/C12H20N2O/c1-4-7-10(5-2)11-8-13-12(14-9-11)15-6-3/h8-10H,4-7H2,1-3H3. The largest absolute Gasteiger partial charge is 0.464 e. The molecule has 1 heterocycles. The van der Waals surface area contributed by atoms with E-state index in [0.29, 0.717) is 18.5 Å². The molecule has 0 spiro atoms. The molecule has 1 atom stereocenters. The van der Waals surface area contributed by atoms with Crippen molar-refractivity contribution in [3.63, 3.8) is 0 Å². The fourth-order valence-electron chi connectivity index (χ4n) is 1.70. The van der Waals surface area contributed by atoms with E-state index in [4.69, 9.17) is 4.74 Å². The quantitative estimate of drug-likeness (QED) is 0.720. The van der Waals surface area contributed by atoms with Gasteiger partial charge in [-0.2, -0.15) is 0 Å². The highest BCUT2D eigenvalue weighted by Crippen LogP contribution is 2.23. The molecule has 3 nitrogen and oxygen atoms in total. The molecule has 0 aliphatic heterocycles. The predicted molar refractivity (Wildman–Crippen MR) is 61.1 cm³/mol. The van der Waals surface area contributed by atoms with E-state index in [-0.39, 0.29) is 0 Å². The monoisotopic (exact) mass is 208 g/mol. The van der Waals surface area contributed by atoms with E-state index in [1.807, 2.05) is 19.3 Å². The van der Waals surface area contributed by atoms with E-state index in [9.17, 15) is 0 Å². The smallest absolute Gasteiger partial charge is 0.316 e. The number of aromatic nitrogens is 2. The van der Waals surface area contributed by atoms with E-state index < -0.39 is 0 Å². The number of ether oxygens (including phenoxy) is 1. The zero-order valence-electron chi connectivity index (χ0n) is 9.86. The summed E-state index contributed by atoms with van der Waals surface area (Å²) in [5.74, 6) is 0.589. The molecule has 1 rings (SSSR count). The minimum Gasteiger partial charge on any atom is -0.464 e. The van der Waals surface area contributed by atoms with Crippen LogP contribution in [-0.4, -0.2) is 16.6 Å². The summed E-state index contributed by atoms with van der Waals surface area (Å²) in [6.45, 7) is 6.96. The summed E-state index contributed by atoms with van der Waals surface area (Å²) >= 11 is 0. The number of rotatable bonds is 6. The molecule has 1 aromatic rings. The summed E-state index contributed by atoms with van der Waals surface area (Å²) in [6.07, 6.45) is 7.33. The average Bonchev–Trinajstić information content (AvgIpc) is 2.28. The minimum absolute atomic E-state index is 0.479. The summed E-state index contributed by atoms with van der Waals surface area (Å²) in [6, 6.07) is 0.479. The Balaban J connectivity index is 2.68. The lowest BCUT2D eigenvalue weighted by molar-refractivity contribution is 0.312. The Morgan fingerprint density at radius 1 is 1.20 bits per heavy atom. The molecule has 0 N–H and O–H groups in total. The zero-order valence-corrected chi connectivity index (χ0v) is 9.86. The number of hydrogen-bond donors (Lipinski definition) is 0. The maximum absolute atomic E-state index is 5.21. The van der Waals surface area contributed by atoms with Crippen LogP contribution in [0.15, 0.2) is 12.4 Å². The third-order valence-electron chi connectivity index (χ3n) is 2.52. The second kappa shape index (κ2) is 6.38. The molecule has 0 aromatic carbocycles. The van der Waals surface area contributed by atoms with E-state index in [1.54, 1.807) is 0 Å². The Bertz CT molecular complexity index is 271. The lowest BCUT2D eigenvalue weighted by atomic mass is 9.95. The van der Waals surface area contributed by atoms with Crippen LogP contribution in [0.3, 0.4) is 0 Å². The lowest BCUT2D eigenvalue weighted by Crippen LogP contribution is -2.01. The fraction of sp³-hybridized carbons (Fsp3) is 0.667. The Morgan fingerprint density at radius 2 is 1.87 bits per heavy atom. The van der Waals surface area contributed by atoms with Crippen LogP contribution in [-0.2, 0) is 0 Å². The highest BCUT2D eigenvalue weighted by atomic mass is 16.5. The Kier molecular flexibility index (Phi) is 5.08. The van der Waals surface area contributed by atoms with Crippen molar-refractivity contribution in [2.24, 2.45) is 0 Å². The molecule has 0 radical (unpaired) electrons. The Hall–Kier alpha value is -1.12. The van der Waals surface area contributed by atoms with Crippen molar-refractivity contribution in [3.05, 3.63) is 18.0 Å². The van der Waals surface area contributed by atoms with Crippen LogP contribution in [0.1, 0.15) is 51.5 Å². The summed E-state index contributed by atoms with van der Waals surface area (Å²) in [4.78, 5) is 8.37. The van der Waals surface area contributed by atoms with Gasteiger partial charge in [-0.05, 0) is 31.2 Å². The van der Waals surface area contributed by atoms with Crippen LogP contribution < -0.4 is 4.74 Å². The van der Waals surface area contributed by atoms with Gasteiger partial charge in [-0.15, -0.1) is 0 Å². The van der Waals surface area contributed by atoms with Gasteiger partial charge in [0, 0.05) is 12.4 Å². The summed E-state index contributed by atoms with van der Waals surface area (Å²) in [5, 5.41) is 0. The first kappa shape index (κ1) is 12.0. The minimum atomic E-state index is 0.479. The van der Waals surface area contributed by atoms with Crippen molar-refractivity contribution in [1.29, 1.82) is 0 Å². The highest BCUT2D eigenvalue weighted by Gasteiger charge is 2.09. The first-order valence-electron chi connectivity index (χ1n) is 5.76. The number of hydrogen-bond acceptors (Lipinski definition) is 3. The van der Waals surface area contributed by atoms with Crippen molar-refractivity contribution in [2.45, 2.75) is 46.0 Å². The molecule has 84 valence electrons. The van der Waals surface area contributed by atoms with Crippen molar-refractivity contribution >= 4 is 0 Å². The predicted octanol–water partition coefficient (Wildman–Crippen LogP) is 3.17. The van der Waals surface area contributed by atoms with Crippen LogP contribution in [0.4, 0.5) is 0 Å². The first-order valence-corrected chi connectivity index (χ1v) is 5.76. The van der Waals surface area contributed by atoms with Crippen molar-refractivity contribution in [1.82, 2.24) is 9.97 Å². The van der Waals surface area contributed by atoms with Gasteiger partial charge in [0.15, 0.2) is 0 Å². The topological polar surface area (TPSA) is 35.0 Å². The van der Waals surface area contributed by atoms with Gasteiger partial charge in [0.2, 0.25) is 0 Å². The second-order valence-electron chi connectivity index (χ2n) is 3.63. The molecule has 0 saturated carbocycles. The maximum atomic E-state index is 5.21. The lowest BCUT2D eigenvalue weighted by Gasteiger charge is -2.13. The van der Waals surface area contributed by atoms with E-state index in [1.165, 1.54) is 18.4 Å². The molecule has 0 aliphatic carbocycles. The molecule has 0 fully saturated rings. The van der Waals surface area contributed by atoms with Crippen molar-refractivity contribution < 1.29 is 4.74 Å². The molecule has 0 amide bonds. The van der Waals surface area contributed by atoms with Crippen LogP contribution in [0.2, 0.25) is 0 Å². The molecular formula is C12H20N2O. The molecular weight excluding hydrogens is 188 g/mol. The molecule has 1 unspecified atom stereocenters. The van der Waals surface area contributed by atoms with Crippen LogP contribution in [0, 0.1) is 0 Å². The van der Waals surface area contributed by atoms with Crippen LogP contribution in [0.25, 0.3) is 0 Å². The van der Waals surface area contributed by atoms with Gasteiger partial charge >= 0.3 is 6.01 Å². The van der Waals surface area contributed by atoms with Gasteiger partial charge in [-0.3, -0.25) is 0 Å². The Morgan fingerprint density at radius 3 is 2.33 bits per heavy atom. The second-order valence-corrected chi connectivity index (χ2v) is 3.63. The van der Waals surface area contributed by atoms with E-state index in [2.05, 4.69) is 23.8 Å². The molecule has 3 heteroatoms. The summed E-state index contributed by atoms with van der Waals surface area (Å²) in [7, 11) is 0. The van der Waals surface area contributed by atoms with Gasteiger partial charge in [0.25, 0.3) is 0 Å². The third-order valence-corrected chi connectivity index (χ3v) is 2.52. The Labute approximate surface area is 91.9 Å². The van der Waals surface area contributed by atoms with E-state index >= 15 is 0 Å². The highest BCUT2D eigenvalue weighted by molar-refractivity contribution is 5.13. The molecule has 1 aromatic heterocycles. The summed E-state index contributed by atoms with van der Waals surface area (Å²) < 4.78 is 5.21. The van der Waals surface area contributed by atoms with Gasteiger partial charge < -0.3 is 4.74 Å². The van der Waals surface area contributed by atoms with Gasteiger partial charge in [0.05, 0.1) is 6.61 Å². The van der Waals surface area contributed by atoms with Crippen LogP contribution in [0.5, 0.6) is 6.01 Å². The zero-order chi connectivity index (χ0) is 11.1. The molecule has 0 bridgehead atoms. The van der Waals surface area contributed by atoms with Gasteiger partial charge in [-0.25, -0.2) is 9.97 Å². The van der Waals surface area contributed by atoms with Crippen molar-refractivity contribution in [2.75, 3.05) is 6.61 Å². The first-order chi connectivity index (χ1) is 7.31. The van der Waals surface area contributed by atoms with Gasteiger partial charge in [0.1, 0.15) is 0 Å². The van der Waals surface area contributed by atoms with Crippen molar-refractivity contribution in [3.8, 4) is 6.01 Å². The normalized spacial score (nSPS) is 12.5. The molecule has 15 heavy (non-hydrogen) atoms. The van der Waals surface area contributed by atoms with Gasteiger partial charge in [-0.1, -0.05) is 20.3 Å². The van der Waals surface area contributed by atoms with Crippen LogP contribution >= 0.6 is 0 Å². The SMILES string of the molecule is CCCC(CC)c1cnc(OCC)nc1. The molecule has 0 aliphatic rings. The third kappa shape index (κ3) is 3.50. The molecule has 0 saturated heterocycles. The average molecular weight is 208 g/mol.